The van der Waals surface area contributed by atoms with Crippen molar-refractivity contribution < 1.29 is 27.8 Å². The molecule has 0 amide bonds. The molecule has 0 radical (unpaired) electrons. The molecule has 1 saturated carbocycles. The molecule has 4 rings (SSSR count). The van der Waals surface area contributed by atoms with Gasteiger partial charge in [-0.1, -0.05) is 31.0 Å². The highest BCUT2D eigenvalue weighted by atomic mass is 32.2. The van der Waals surface area contributed by atoms with Gasteiger partial charge in [-0.2, -0.15) is 0 Å². The minimum Gasteiger partial charge on any atom is -0.486 e. The zero-order valence-corrected chi connectivity index (χ0v) is 17.9. The van der Waals surface area contributed by atoms with E-state index in [2.05, 4.69) is 4.72 Å². The van der Waals surface area contributed by atoms with Gasteiger partial charge in [-0.3, -0.25) is 0 Å². The fourth-order valence-electron chi connectivity index (χ4n) is 4.23. The molecule has 2 aromatic rings. The molecule has 0 aromatic heterocycles. The van der Waals surface area contributed by atoms with Gasteiger partial charge in [-0.05, 0) is 54.3 Å². The second-order valence-electron chi connectivity index (χ2n) is 7.91. The Hall–Kier alpha value is -2.84. The smallest absolute Gasteiger partial charge is 0.328 e. The quantitative estimate of drug-likeness (QED) is 0.637. The van der Waals surface area contributed by atoms with E-state index in [1.807, 2.05) is 18.2 Å². The first-order valence-electron chi connectivity index (χ1n) is 10.3. The van der Waals surface area contributed by atoms with Gasteiger partial charge in [0.2, 0.25) is 10.0 Å². The molecule has 1 heterocycles. The van der Waals surface area contributed by atoms with E-state index in [0.29, 0.717) is 31.1 Å². The van der Waals surface area contributed by atoms with Crippen LogP contribution in [-0.2, 0) is 20.2 Å². The lowest BCUT2D eigenvalue weighted by Crippen LogP contribution is -2.39. The summed E-state index contributed by atoms with van der Waals surface area (Å²) in [6, 6.07) is 12.0. The number of hydrogen-bond donors (Lipinski definition) is 2. The maximum absolute atomic E-state index is 12.9. The molecule has 0 saturated heterocycles. The maximum atomic E-state index is 12.9. The molecule has 7 nitrogen and oxygen atoms in total. The van der Waals surface area contributed by atoms with Crippen LogP contribution in [0.1, 0.15) is 36.8 Å². The van der Waals surface area contributed by atoms with Gasteiger partial charge < -0.3 is 14.6 Å². The van der Waals surface area contributed by atoms with Gasteiger partial charge in [0.25, 0.3) is 0 Å². The van der Waals surface area contributed by atoms with Crippen molar-refractivity contribution in [1.29, 1.82) is 0 Å². The Kier molecular flexibility index (Phi) is 6.02. The Labute approximate surface area is 181 Å². The minimum absolute atomic E-state index is 0.148. The Balaban J connectivity index is 1.52. The summed E-state index contributed by atoms with van der Waals surface area (Å²) in [5.74, 6) is 0.378. The molecule has 0 bridgehead atoms. The summed E-state index contributed by atoms with van der Waals surface area (Å²) >= 11 is 0. The number of sulfonamides is 1. The van der Waals surface area contributed by atoms with E-state index in [1.165, 1.54) is 18.2 Å². The molecular formula is C23H25NO6S. The Bertz CT molecular complexity index is 1090. The number of carbonyl (C=O) groups is 1. The van der Waals surface area contributed by atoms with Crippen LogP contribution >= 0.6 is 0 Å². The molecule has 0 unspecified atom stereocenters. The van der Waals surface area contributed by atoms with Crippen LogP contribution < -0.4 is 14.2 Å². The number of ether oxygens (including phenoxy) is 2. The maximum Gasteiger partial charge on any atom is 0.328 e. The van der Waals surface area contributed by atoms with Crippen LogP contribution in [0.25, 0.3) is 6.08 Å². The number of benzene rings is 2. The van der Waals surface area contributed by atoms with Gasteiger partial charge >= 0.3 is 5.97 Å². The number of rotatable bonds is 7. The van der Waals surface area contributed by atoms with Crippen molar-refractivity contribution in [3.8, 4) is 11.5 Å². The fraction of sp³-hybridized carbons (Fsp3) is 0.348. The number of carboxylic acids is 1. The second-order valence-corrected chi connectivity index (χ2v) is 9.68. The van der Waals surface area contributed by atoms with Gasteiger partial charge in [-0.15, -0.1) is 0 Å². The third-order valence-corrected chi connectivity index (χ3v) is 7.34. The Morgan fingerprint density at radius 2 is 1.71 bits per heavy atom. The van der Waals surface area contributed by atoms with Crippen molar-refractivity contribution in [2.24, 2.45) is 0 Å². The molecular weight excluding hydrogens is 418 g/mol. The van der Waals surface area contributed by atoms with E-state index in [-0.39, 0.29) is 10.3 Å². The van der Waals surface area contributed by atoms with E-state index in [0.717, 1.165) is 43.1 Å². The molecule has 8 heteroatoms. The van der Waals surface area contributed by atoms with Crippen LogP contribution in [-0.4, -0.2) is 39.3 Å². The van der Waals surface area contributed by atoms with Crippen LogP contribution in [0.15, 0.2) is 53.4 Å². The monoisotopic (exact) mass is 443 g/mol. The first kappa shape index (κ1) is 21.4. The molecule has 2 aliphatic rings. The highest BCUT2D eigenvalue weighted by Crippen LogP contribution is 2.44. The standard InChI is InChI=1S/C23H25NO6S/c25-22(26)10-5-17-3-7-19(8-4-17)31(27,28)24-16-23(11-1-2-12-23)18-6-9-20-21(15-18)30-14-13-29-20/h3-10,15,24H,1-2,11-14,16H2,(H,25,26)/b10-5+. The van der Waals surface area contributed by atoms with Crippen LogP contribution in [0.2, 0.25) is 0 Å². The van der Waals surface area contributed by atoms with Gasteiger partial charge in [-0.25, -0.2) is 17.9 Å². The molecule has 2 aromatic carbocycles. The first-order chi connectivity index (χ1) is 14.9. The van der Waals surface area contributed by atoms with E-state index in [1.54, 1.807) is 12.1 Å². The summed E-state index contributed by atoms with van der Waals surface area (Å²) in [6.07, 6.45) is 6.31. The average Bonchev–Trinajstić information content (AvgIpc) is 3.27. The van der Waals surface area contributed by atoms with Crippen molar-refractivity contribution in [2.75, 3.05) is 19.8 Å². The summed E-state index contributed by atoms with van der Waals surface area (Å²) in [7, 11) is -3.71. The summed E-state index contributed by atoms with van der Waals surface area (Å²) in [5.41, 5.74) is 1.39. The topological polar surface area (TPSA) is 102 Å². The zero-order valence-electron chi connectivity index (χ0n) is 17.0. The highest BCUT2D eigenvalue weighted by Gasteiger charge is 2.37. The van der Waals surface area contributed by atoms with Crippen molar-refractivity contribution in [3.63, 3.8) is 0 Å². The normalized spacial score (nSPS) is 17.7. The minimum atomic E-state index is -3.71. The summed E-state index contributed by atoms with van der Waals surface area (Å²) in [6.45, 7) is 1.34. The number of aliphatic carboxylic acids is 1. The van der Waals surface area contributed by atoms with Gasteiger partial charge in [0.05, 0.1) is 4.90 Å². The Morgan fingerprint density at radius 3 is 2.39 bits per heavy atom. The number of hydrogen-bond acceptors (Lipinski definition) is 5. The van der Waals surface area contributed by atoms with Gasteiger partial charge in [0, 0.05) is 18.0 Å². The predicted octanol–water partition coefficient (Wildman–Crippen LogP) is 3.35. The van der Waals surface area contributed by atoms with Gasteiger partial charge in [0.1, 0.15) is 13.2 Å². The lowest BCUT2D eigenvalue weighted by atomic mass is 9.79. The molecule has 1 aliphatic heterocycles. The zero-order chi connectivity index (χ0) is 21.9. The van der Waals surface area contributed by atoms with E-state index < -0.39 is 16.0 Å². The first-order valence-corrected chi connectivity index (χ1v) is 11.8. The van der Waals surface area contributed by atoms with E-state index >= 15 is 0 Å². The predicted molar refractivity (Wildman–Crippen MR) is 116 cm³/mol. The lowest BCUT2D eigenvalue weighted by Gasteiger charge is -2.31. The van der Waals surface area contributed by atoms with Crippen LogP contribution in [0.5, 0.6) is 11.5 Å². The number of nitrogens with one attached hydrogen (secondary N) is 1. The highest BCUT2D eigenvalue weighted by molar-refractivity contribution is 7.89. The van der Waals surface area contributed by atoms with Crippen molar-refractivity contribution >= 4 is 22.1 Å². The Morgan fingerprint density at radius 1 is 1.03 bits per heavy atom. The largest absolute Gasteiger partial charge is 0.486 e. The van der Waals surface area contributed by atoms with Crippen molar-refractivity contribution in [3.05, 3.63) is 59.7 Å². The van der Waals surface area contributed by atoms with Crippen LogP contribution in [0.3, 0.4) is 0 Å². The molecule has 31 heavy (non-hydrogen) atoms. The molecule has 2 N–H and O–H groups in total. The number of fused-ring (bicyclic) bond motifs is 1. The third-order valence-electron chi connectivity index (χ3n) is 5.92. The molecule has 0 atom stereocenters. The van der Waals surface area contributed by atoms with E-state index in [4.69, 9.17) is 14.6 Å². The molecule has 164 valence electrons. The van der Waals surface area contributed by atoms with Crippen molar-refractivity contribution in [1.82, 2.24) is 4.72 Å². The SMILES string of the molecule is O=C(O)/C=C/c1ccc(S(=O)(=O)NCC2(c3ccc4c(c3)OCCO4)CCCC2)cc1. The number of carboxylic acid groups (broad SMARTS) is 1. The van der Waals surface area contributed by atoms with Crippen LogP contribution in [0.4, 0.5) is 0 Å². The summed E-state index contributed by atoms with van der Waals surface area (Å²) in [4.78, 5) is 10.8. The second kappa shape index (κ2) is 8.72. The molecule has 0 spiro atoms. The molecule has 1 aliphatic carbocycles. The fourth-order valence-corrected chi connectivity index (χ4v) is 5.36. The van der Waals surface area contributed by atoms with Crippen LogP contribution in [0, 0.1) is 0 Å². The van der Waals surface area contributed by atoms with E-state index in [9.17, 15) is 13.2 Å². The van der Waals surface area contributed by atoms with Gasteiger partial charge in [0.15, 0.2) is 11.5 Å². The van der Waals surface area contributed by atoms with Crippen molar-refractivity contribution in [2.45, 2.75) is 36.0 Å². The summed E-state index contributed by atoms with van der Waals surface area (Å²) < 4.78 is 39.9. The third kappa shape index (κ3) is 4.75. The molecule has 1 fully saturated rings. The average molecular weight is 444 g/mol. The summed E-state index contributed by atoms with van der Waals surface area (Å²) in [5, 5.41) is 8.71. The lowest BCUT2D eigenvalue weighted by molar-refractivity contribution is -0.131.